The third-order valence-electron chi connectivity index (χ3n) is 4.41. The van der Waals surface area contributed by atoms with Crippen LogP contribution in [0.1, 0.15) is 21.7 Å². The van der Waals surface area contributed by atoms with Gasteiger partial charge in [0.15, 0.2) is 5.76 Å². The number of nitrogens with zero attached hydrogens (tertiary/aromatic N) is 2. The molecule has 1 N–H and O–H groups in total. The molecule has 0 aliphatic heterocycles. The van der Waals surface area contributed by atoms with Crippen molar-refractivity contribution < 1.29 is 18.7 Å². The average Bonchev–Trinajstić information content (AvgIpc) is 3.33. The third-order valence-corrected chi connectivity index (χ3v) is 4.41. The molecule has 0 saturated carbocycles. The zero-order valence-corrected chi connectivity index (χ0v) is 16.2. The van der Waals surface area contributed by atoms with Crippen LogP contribution < -0.4 is 14.9 Å². The van der Waals surface area contributed by atoms with E-state index in [1.807, 2.05) is 48.5 Å². The van der Waals surface area contributed by atoms with Crippen molar-refractivity contribution in [1.82, 2.24) is 10.4 Å². The molecule has 0 radical (unpaired) electrons. The summed E-state index contributed by atoms with van der Waals surface area (Å²) in [5, 5.41) is 4.99. The Bertz CT molecular complexity index is 1180. The number of hydrogen-bond donors (Lipinski definition) is 1. The summed E-state index contributed by atoms with van der Waals surface area (Å²) in [6.45, 7) is 0.291. The molecule has 2 heterocycles. The first kappa shape index (κ1) is 19.2. The molecule has 4 aromatic rings. The molecule has 2 aromatic carbocycles. The zero-order valence-electron chi connectivity index (χ0n) is 16.2. The van der Waals surface area contributed by atoms with Gasteiger partial charge in [0.25, 0.3) is 0 Å². The number of rotatable bonds is 7. The van der Waals surface area contributed by atoms with Crippen molar-refractivity contribution in [3.8, 4) is 11.5 Å². The van der Waals surface area contributed by atoms with Crippen molar-refractivity contribution in [2.24, 2.45) is 5.10 Å². The van der Waals surface area contributed by atoms with Gasteiger partial charge in [0.2, 0.25) is 0 Å². The smallest absolute Gasteiger partial charge is 0.307 e. The normalized spacial score (nSPS) is 11.0. The van der Waals surface area contributed by atoms with Crippen LogP contribution in [-0.4, -0.2) is 24.2 Å². The van der Waals surface area contributed by atoms with Gasteiger partial charge >= 0.3 is 5.91 Å². The predicted octanol–water partition coefficient (Wildman–Crippen LogP) is 4.18. The van der Waals surface area contributed by atoms with E-state index in [1.54, 1.807) is 31.7 Å². The van der Waals surface area contributed by atoms with Crippen molar-refractivity contribution in [3.05, 3.63) is 90.0 Å². The molecule has 7 nitrogen and oxygen atoms in total. The lowest BCUT2D eigenvalue weighted by molar-refractivity contribution is 0.0927. The average molecular weight is 401 g/mol. The Morgan fingerprint density at radius 2 is 2.03 bits per heavy atom. The fourth-order valence-corrected chi connectivity index (χ4v) is 2.97. The highest BCUT2D eigenvalue weighted by Crippen LogP contribution is 2.26. The van der Waals surface area contributed by atoms with E-state index in [1.165, 1.54) is 6.26 Å². The van der Waals surface area contributed by atoms with E-state index in [-0.39, 0.29) is 5.76 Å². The fraction of sp³-hybridized carbons (Fsp3) is 0.0870. The highest BCUT2D eigenvalue weighted by Gasteiger charge is 2.09. The van der Waals surface area contributed by atoms with Gasteiger partial charge in [-0.1, -0.05) is 18.2 Å². The van der Waals surface area contributed by atoms with Crippen molar-refractivity contribution >= 4 is 23.0 Å². The molecule has 0 atom stereocenters. The van der Waals surface area contributed by atoms with Gasteiger partial charge in [0, 0.05) is 17.1 Å². The molecule has 0 aliphatic rings. The molecule has 150 valence electrons. The Balaban J connectivity index is 1.48. The van der Waals surface area contributed by atoms with Gasteiger partial charge in [-0.2, -0.15) is 5.10 Å². The summed E-state index contributed by atoms with van der Waals surface area (Å²) >= 11 is 0. The Morgan fingerprint density at radius 3 is 2.87 bits per heavy atom. The van der Waals surface area contributed by atoms with E-state index in [4.69, 9.17) is 13.9 Å². The van der Waals surface area contributed by atoms with Gasteiger partial charge in [-0.3, -0.25) is 9.78 Å². The standard InChI is InChI=1S/C23H19N3O4/c1-28-19-10-9-16(14-25-26-23(27)21-8-4-12-29-21)13-18(19)15-30-20-7-2-5-17-6-3-11-24-22(17)20/h2-14H,15H2,1H3,(H,26,27)/b25-14-. The highest BCUT2D eigenvalue weighted by molar-refractivity contribution is 5.92. The van der Waals surface area contributed by atoms with Gasteiger partial charge in [-0.25, -0.2) is 5.43 Å². The number of nitrogens with one attached hydrogen (secondary N) is 1. The Labute approximate surface area is 173 Å². The topological polar surface area (TPSA) is 86.0 Å². The number of benzene rings is 2. The number of hydrazone groups is 1. The van der Waals surface area contributed by atoms with Crippen LogP contribution in [-0.2, 0) is 6.61 Å². The summed E-state index contributed by atoms with van der Waals surface area (Å²) in [4.78, 5) is 16.3. The summed E-state index contributed by atoms with van der Waals surface area (Å²) in [7, 11) is 1.61. The fourth-order valence-electron chi connectivity index (χ4n) is 2.97. The van der Waals surface area contributed by atoms with E-state index >= 15 is 0 Å². The number of aromatic nitrogens is 1. The van der Waals surface area contributed by atoms with Gasteiger partial charge < -0.3 is 13.9 Å². The first-order valence-corrected chi connectivity index (χ1v) is 9.25. The maximum absolute atomic E-state index is 11.9. The maximum atomic E-state index is 11.9. The number of methoxy groups -OCH3 is 1. The number of carbonyl (C=O) groups is 1. The number of hydrogen-bond acceptors (Lipinski definition) is 6. The minimum Gasteiger partial charge on any atom is -0.496 e. The van der Waals surface area contributed by atoms with Crippen LogP contribution >= 0.6 is 0 Å². The number of carbonyl (C=O) groups excluding carboxylic acids is 1. The van der Waals surface area contributed by atoms with Crippen LogP contribution in [0.2, 0.25) is 0 Å². The molecule has 7 heteroatoms. The van der Waals surface area contributed by atoms with E-state index in [0.717, 1.165) is 22.0 Å². The minimum absolute atomic E-state index is 0.194. The SMILES string of the molecule is COc1ccc(/C=N\NC(=O)c2ccco2)cc1COc1cccc2cccnc12. The van der Waals surface area contributed by atoms with Gasteiger partial charge in [0.05, 0.1) is 19.6 Å². The number of amides is 1. The highest BCUT2D eigenvalue weighted by atomic mass is 16.5. The lowest BCUT2D eigenvalue weighted by atomic mass is 10.1. The molecule has 2 aromatic heterocycles. The Morgan fingerprint density at radius 1 is 1.13 bits per heavy atom. The number of fused-ring (bicyclic) bond motifs is 1. The summed E-state index contributed by atoms with van der Waals surface area (Å²) in [6.07, 6.45) is 4.72. The third kappa shape index (κ3) is 4.30. The van der Waals surface area contributed by atoms with Crippen molar-refractivity contribution in [1.29, 1.82) is 0 Å². The van der Waals surface area contributed by atoms with Crippen LogP contribution in [0, 0.1) is 0 Å². The number of furan rings is 1. The van der Waals surface area contributed by atoms with Crippen molar-refractivity contribution in [2.45, 2.75) is 6.61 Å². The lowest BCUT2D eigenvalue weighted by Crippen LogP contribution is -2.16. The van der Waals surface area contributed by atoms with Crippen LogP contribution in [0.3, 0.4) is 0 Å². The summed E-state index contributed by atoms with van der Waals surface area (Å²) < 4.78 is 16.5. The Hall–Kier alpha value is -4.13. The largest absolute Gasteiger partial charge is 0.496 e. The van der Waals surface area contributed by atoms with Crippen LogP contribution in [0.4, 0.5) is 0 Å². The molecular weight excluding hydrogens is 382 g/mol. The molecule has 1 amide bonds. The second-order valence-electron chi connectivity index (χ2n) is 6.37. The van der Waals surface area contributed by atoms with E-state index in [2.05, 4.69) is 15.5 Å². The molecular formula is C23H19N3O4. The molecule has 4 rings (SSSR count). The molecule has 0 aliphatic carbocycles. The van der Waals surface area contributed by atoms with E-state index < -0.39 is 5.91 Å². The first-order chi connectivity index (χ1) is 14.7. The number of para-hydroxylation sites is 1. The summed E-state index contributed by atoms with van der Waals surface area (Å²) in [6, 6.07) is 18.4. The second-order valence-corrected chi connectivity index (χ2v) is 6.37. The molecule has 0 unspecified atom stereocenters. The quantitative estimate of drug-likeness (QED) is 0.371. The molecule has 0 fully saturated rings. The summed E-state index contributed by atoms with van der Waals surface area (Å²) in [5.41, 5.74) is 4.85. The van der Waals surface area contributed by atoms with Gasteiger partial charge in [-0.15, -0.1) is 0 Å². The summed E-state index contributed by atoms with van der Waals surface area (Å²) in [5.74, 6) is 1.16. The van der Waals surface area contributed by atoms with Crippen LogP contribution in [0.5, 0.6) is 11.5 Å². The van der Waals surface area contributed by atoms with E-state index in [9.17, 15) is 4.79 Å². The second kappa shape index (κ2) is 8.91. The van der Waals surface area contributed by atoms with Gasteiger partial charge in [0.1, 0.15) is 23.6 Å². The minimum atomic E-state index is -0.420. The van der Waals surface area contributed by atoms with Crippen LogP contribution in [0.25, 0.3) is 10.9 Å². The predicted molar refractivity (Wildman–Crippen MR) is 113 cm³/mol. The van der Waals surface area contributed by atoms with Gasteiger partial charge in [-0.05, 0) is 48.0 Å². The van der Waals surface area contributed by atoms with Crippen LogP contribution in [0.15, 0.2) is 82.6 Å². The maximum Gasteiger partial charge on any atom is 0.307 e. The molecule has 0 saturated heterocycles. The first-order valence-electron chi connectivity index (χ1n) is 9.25. The Kier molecular flexibility index (Phi) is 5.70. The molecule has 30 heavy (non-hydrogen) atoms. The molecule has 0 bridgehead atoms. The number of ether oxygens (including phenoxy) is 2. The lowest BCUT2D eigenvalue weighted by Gasteiger charge is -2.12. The monoisotopic (exact) mass is 401 g/mol. The van der Waals surface area contributed by atoms with E-state index in [0.29, 0.717) is 18.1 Å². The number of pyridine rings is 1. The van der Waals surface area contributed by atoms with Crippen molar-refractivity contribution in [2.75, 3.05) is 7.11 Å². The zero-order chi connectivity index (χ0) is 20.8. The van der Waals surface area contributed by atoms with Crippen molar-refractivity contribution in [3.63, 3.8) is 0 Å². The molecule has 0 spiro atoms.